The van der Waals surface area contributed by atoms with Crippen LogP contribution < -0.4 is 5.32 Å². The monoisotopic (exact) mass is 260 g/mol. The number of nitrogens with one attached hydrogen (secondary N) is 1. The molecule has 2 rings (SSSR count). The fourth-order valence-electron chi connectivity index (χ4n) is 2.36. The van der Waals surface area contributed by atoms with Gasteiger partial charge in [-0.05, 0) is 43.6 Å². The fourth-order valence-corrected chi connectivity index (χ4v) is 2.36. The average molecular weight is 260 g/mol. The van der Waals surface area contributed by atoms with E-state index in [9.17, 15) is 4.79 Å². The molecule has 0 bridgehead atoms. The second-order valence-corrected chi connectivity index (χ2v) is 5.68. The van der Waals surface area contributed by atoms with Gasteiger partial charge in [0.2, 0.25) is 5.91 Å². The van der Waals surface area contributed by atoms with Crippen LogP contribution in [0.1, 0.15) is 38.7 Å². The maximum Gasteiger partial charge on any atom is 0.226 e. The number of rotatable bonds is 4. The number of hydrogen-bond acceptors (Lipinski definition) is 2. The van der Waals surface area contributed by atoms with Gasteiger partial charge in [-0.2, -0.15) is 0 Å². The van der Waals surface area contributed by atoms with Crippen LogP contribution in [0, 0.1) is 5.92 Å². The van der Waals surface area contributed by atoms with Crippen molar-refractivity contribution in [2.75, 3.05) is 18.4 Å². The van der Waals surface area contributed by atoms with Crippen LogP contribution in [-0.4, -0.2) is 23.9 Å². The second kappa shape index (κ2) is 6.71. The molecule has 1 heterocycles. The van der Waals surface area contributed by atoms with Gasteiger partial charge in [-0.25, -0.2) is 0 Å². The first kappa shape index (κ1) is 14.1. The number of piperidine rings is 1. The van der Waals surface area contributed by atoms with E-state index in [4.69, 9.17) is 0 Å². The predicted molar refractivity (Wildman–Crippen MR) is 79.0 cm³/mol. The summed E-state index contributed by atoms with van der Waals surface area (Å²) in [6, 6.07) is 8.23. The normalized spacial score (nSPS) is 16.6. The summed E-state index contributed by atoms with van der Waals surface area (Å²) in [6.45, 7) is 7.26. The smallest absolute Gasteiger partial charge is 0.226 e. The fraction of sp³-hybridized carbons (Fsp3) is 0.562. The van der Waals surface area contributed by atoms with E-state index in [1.807, 2.05) is 26.0 Å². The zero-order valence-corrected chi connectivity index (χ0v) is 12.0. The highest BCUT2D eigenvalue weighted by Crippen LogP contribution is 2.15. The molecule has 1 aliphatic rings. The molecule has 3 heteroatoms. The third-order valence-electron chi connectivity index (χ3n) is 3.60. The zero-order valence-electron chi connectivity index (χ0n) is 12.0. The van der Waals surface area contributed by atoms with Gasteiger partial charge in [0, 0.05) is 18.2 Å². The van der Waals surface area contributed by atoms with Crippen LogP contribution in [0.15, 0.2) is 24.3 Å². The second-order valence-electron chi connectivity index (χ2n) is 5.68. The molecule has 1 fully saturated rings. The van der Waals surface area contributed by atoms with Crippen LogP contribution in [0.4, 0.5) is 5.69 Å². The largest absolute Gasteiger partial charge is 0.326 e. The summed E-state index contributed by atoms with van der Waals surface area (Å²) in [5.41, 5.74) is 2.21. The number of carbonyl (C=O) groups is 1. The molecule has 1 aromatic carbocycles. The Hall–Kier alpha value is -1.35. The summed E-state index contributed by atoms with van der Waals surface area (Å²) in [7, 11) is 0. The van der Waals surface area contributed by atoms with Crippen molar-refractivity contribution in [3.8, 4) is 0 Å². The molecule has 0 spiro atoms. The van der Waals surface area contributed by atoms with E-state index in [1.54, 1.807) is 0 Å². The van der Waals surface area contributed by atoms with Crippen molar-refractivity contribution in [3.63, 3.8) is 0 Å². The molecule has 1 N–H and O–H groups in total. The number of benzene rings is 1. The molecule has 0 atom stereocenters. The van der Waals surface area contributed by atoms with Gasteiger partial charge in [0.15, 0.2) is 0 Å². The summed E-state index contributed by atoms with van der Waals surface area (Å²) in [5.74, 6) is 0.0943. The Morgan fingerprint density at radius 2 is 1.79 bits per heavy atom. The number of anilines is 1. The van der Waals surface area contributed by atoms with E-state index < -0.39 is 0 Å². The minimum absolute atomic E-state index is 0.0213. The van der Waals surface area contributed by atoms with E-state index in [0.717, 1.165) is 12.2 Å². The molecule has 0 unspecified atom stereocenters. The van der Waals surface area contributed by atoms with Crippen LogP contribution in [-0.2, 0) is 11.3 Å². The molecule has 0 radical (unpaired) electrons. The van der Waals surface area contributed by atoms with Crippen LogP contribution in [0.25, 0.3) is 0 Å². The lowest BCUT2D eigenvalue weighted by Crippen LogP contribution is -2.29. The topological polar surface area (TPSA) is 32.3 Å². The lowest BCUT2D eigenvalue weighted by atomic mass is 10.1. The van der Waals surface area contributed by atoms with Crippen molar-refractivity contribution in [1.82, 2.24) is 4.90 Å². The van der Waals surface area contributed by atoms with Crippen LogP contribution in [0.3, 0.4) is 0 Å². The van der Waals surface area contributed by atoms with Crippen LogP contribution >= 0.6 is 0 Å². The highest BCUT2D eigenvalue weighted by molar-refractivity contribution is 5.91. The van der Waals surface area contributed by atoms with Crippen molar-refractivity contribution < 1.29 is 4.79 Å². The number of likely N-dealkylation sites (tertiary alicyclic amines) is 1. The standard InChI is InChI=1S/C16H24N2O/c1-13(2)16(19)17-15-8-6-14(7-9-15)12-18-10-4-3-5-11-18/h6-9,13H,3-5,10-12H2,1-2H3,(H,17,19). The number of carbonyl (C=O) groups excluding carboxylic acids is 1. The van der Waals surface area contributed by atoms with Crippen molar-refractivity contribution >= 4 is 11.6 Å². The van der Waals surface area contributed by atoms with Gasteiger partial charge in [-0.3, -0.25) is 9.69 Å². The first-order chi connectivity index (χ1) is 9.15. The van der Waals surface area contributed by atoms with Gasteiger partial charge in [0.25, 0.3) is 0 Å². The van der Waals surface area contributed by atoms with Crippen molar-refractivity contribution in [2.24, 2.45) is 5.92 Å². The molecule has 104 valence electrons. The minimum atomic E-state index is 0.0213. The molecule has 0 aromatic heterocycles. The molecular formula is C16H24N2O. The van der Waals surface area contributed by atoms with Crippen LogP contribution in [0.5, 0.6) is 0 Å². The highest BCUT2D eigenvalue weighted by Gasteiger charge is 2.10. The van der Waals surface area contributed by atoms with Gasteiger partial charge in [0.1, 0.15) is 0 Å². The molecular weight excluding hydrogens is 236 g/mol. The van der Waals surface area contributed by atoms with Crippen LogP contribution in [0.2, 0.25) is 0 Å². The predicted octanol–water partition coefficient (Wildman–Crippen LogP) is 3.27. The number of amides is 1. The molecule has 3 nitrogen and oxygen atoms in total. The summed E-state index contributed by atoms with van der Waals surface area (Å²) >= 11 is 0. The third kappa shape index (κ3) is 4.35. The summed E-state index contributed by atoms with van der Waals surface area (Å²) in [5, 5.41) is 2.92. The third-order valence-corrected chi connectivity index (χ3v) is 3.60. The Labute approximate surface area is 116 Å². The first-order valence-electron chi connectivity index (χ1n) is 7.27. The van der Waals surface area contributed by atoms with Crippen molar-refractivity contribution in [1.29, 1.82) is 0 Å². The van der Waals surface area contributed by atoms with Gasteiger partial charge in [-0.15, -0.1) is 0 Å². The molecule has 1 aromatic rings. The maximum atomic E-state index is 11.6. The minimum Gasteiger partial charge on any atom is -0.326 e. The van der Waals surface area contributed by atoms with E-state index in [-0.39, 0.29) is 11.8 Å². The lowest BCUT2D eigenvalue weighted by molar-refractivity contribution is -0.118. The first-order valence-corrected chi connectivity index (χ1v) is 7.27. The zero-order chi connectivity index (χ0) is 13.7. The molecule has 19 heavy (non-hydrogen) atoms. The Balaban J connectivity index is 1.88. The van der Waals surface area contributed by atoms with E-state index in [0.29, 0.717) is 0 Å². The van der Waals surface area contributed by atoms with Gasteiger partial charge in [-0.1, -0.05) is 32.4 Å². The quantitative estimate of drug-likeness (QED) is 0.901. The molecule has 1 aliphatic heterocycles. The van der Waals surface area contributed by atoms with E-state index in [1.165, 1.54) is 37.9 Å². The Kier molecular flexibility index (Phi) is 4.97. The Morgan fingerprint density at radius 3 is 2.37 bits per heavy atom. The molecule has 1 amide bonds. The van der Waals surface area contributed by atoms with E-state index >= 15 is 0 Å². The molecule has 1 saturated heterocycles. The SMILES string of the molecule is CC(C)C(=O)Nc1ccc(CN2CCCCC2)cc1. The molecule has 0 aliphatic carbocycles. The summed E-state index contributed by atoms with van der Waals surface area (Å²) < 4.78 is 0. The number of nitrogens with zero attached hydrogens (tertiary/aromatic N) is 1. The van der Waals surface area contributed by atoms with Gasteiger partial charge < -0.3 is 5.32 Å². The molecule has 0 saturated carbocycles. The van der Waals surface area contributed by atoms with Crippen molar-refractivity contribution in [2.45, 2.75) is 39.7 Å². The number of hydrogen-bond donors (Lipinski definition) is 1. The van der Waals surface area contributed by atoms with Gasteiger partial charge in [0.05, 0.1) is 0 Å². The Morgan fingerprint density at radius 1 is 1.16 bits per heavy atom. The lowest BCUT2D eigenvalue weighted by Gasteiger charge is -2.26. The average Bonchev–Trinajstić information content (AvgIpc) is 2.42. The highest BCUT2D eigenvalue weighted by atomic mass is 16.1. The summed E-state index contributed by atoms with van der Waals surface area (Å²) in [6.07, 6.45) is 4.02. The van der Waals surface area contributed by atoms with E-state index in [2.05, 4.69) is 22.3 Å². The maximum absolute atomic E-state index is 11.6. The van der Waals surface area contributed by atoms with Gasteiger partial charge >= 0.3 is 0 Å². The van der Waals surface area contributed by atoms with Crippen molar-refractivity contribution in [3.05, 3.63) is 29.8 Å². The summed E-state index contributed by atoms with van der Waals surface area (Å²) in [4.78, 5) is 14.1. The Bertz CT molecular complexity index is 405.